The largest absolute Gasteiger partial charge is 0.486 e. The first kappa shape index (κ1) is 19.0. The van der Waals surface area contributed by atoms with Crippen LogP contribution in [0, 0.1) is 18.6 Å². The van der Waals surface area contributed by atoms with Gasteiger partial charge in [-0.2, -0.15) is 4.98 Å². The molecule has 1 aliphatic rings. The second kappa shape index (κ2) is 7.67. The van der Waals surface area contributed by atoms with Crippen LogP contribution in [0.2, 0.25) is 0 Å². The van der Waals surface area contributed by atoms with Crippen LogP contribution >= 0.6 is 0 Å². The van der Waals surface area contributed by atoms with Crippen molar-refractivity contribution in [2.45, 2.75) is 6.92 Å². The topological polar surface area (TPSA) is 68.1 Å². The fourth-order valence-corrected chi connectivity index (χ4v) is 3.42. The molecule has 0 atom stereocenters. The van der Waals surface area contributed by atoms with Gasteiger partial charge in [0.25, 0.3) is 0 Å². The van der Waals surface area contributed by atoms with E-state index in [1.165, 1.54) is 18.2 Å². The first-order chi connectivity index (χ1) is 15.1. The number of aromatic nitrogens is 4. The van der Waals surface area contributed by atoms with Gasteiger partial charge in [0, 0.05) is 17.6 Å². The molecule has 31 heavy (non-hydrogen) atoms. The van der Waals surface area contributed by atoms with Crippen LogP contribution in [-0.2, 0) is 0 Å². The maximum Gasteiger partial charge on any atom is 0.229 e. The van der Waals surface area contributed by atoms with E-state index < -0.39 is 5.82 Å². The molecule has 4 aromatic rings. The number of halogens is 2. The van der Waals surface area contributed by atoms with E-state index >= 15 is 0 Å². The summed E-state index contributed by atoms with van der Waals surface area (Å²) in [6, 6.07) is 10.9. The smallest absolute Gasteiger partial charge is 0.229 e. The Morgan fingerprint density at radius 3 is 2.65 bits per heavy atom. The van der Waals surface area contributed by atoms with E-state index in [2.05, 4.69) is 20.3 Å². The highest BCUT2D eigenvalue weighted by Crippen LogP contribution is 2.35. The minimum Gasteiger partial charge on any atom is -0.486 e. The maximum absolute atomic E-state index is 14.6. The van der Waals surface area contributed by atoms with Crippen molar-refractivity contribution in [1.82, 2.24) is 19.5 Å². The zero-order valence-electron chi connectivity index (χ0n) is 16.6. The van der Waals surface area contributed by atoms with Gasteiger partial charge in [-0.25, -0.2) is 18.7 Å². The van der Waals surface area contributed by atoms with Gasteiger partial charge in [-0.05, 0) is 49.4 Å². The van der Waals surface area contributed by atoms with Crippen molar-refractivity contribution in [1.29, 1.82) is 0 Å². The van der Waals surface area contributed by atoms with Crippen molar-refractivity contribution in [3.8, 4) is 11.4 Å². The minimum atomic E-state index is -0.406. The van der Waals surface area contributed by atoms with Crippen LogP contribution in [-0.4, -0.2) is 32.7 Å². The van der Waals surface area contributed by atoms with E-state index in [9.17, 15) is 8.78 Å². The fraction of sp³-hybridized carbons (Fsp3) is 0.136. The lowest BCUT2D eigenvalue weighted by Crippen LogP contribution is -2.29. The summed E-state index contributed by atoms with van der Waals surface area (Å²) in [6.45, 7) is 2.86. The Balaban J connectivity index is 1.42. The average Bonchev–Trinajstić information content (AvgIpc) is 3.20. The Kier molecular flexibility index (Phi) is 4.70. The van der Waals surface area contributed by atoms with E-state index in [1.54, 1.807) is 47.6 Å². The number of nitrogens with one attached hydrogen (secondary N) is 1. The summed E-state index contributed by atoms with van der Waals surface area (Å²) in [5, 5.41) is 3.03. The lowest BCUT2D eigenvalue weighted by molar-refractivity contribution is 0.310. The Morgan fingerprint density at radius 1 is 1.06 bits per heavy atom. The molecule has 156 valence electrons. The molecule has 0 unspecified atom stereocenters. The molecule has 9 heteroatoms. The quantitative estimate of drug-likeness (QED) is 0.524. The van der Waals surface area contributed by atoms with Crippen LogP contribution in [0.1, 0.15) is 5.69 Å². The highest BCUT2D eigenvalue weighted by Gasteiger charge is 2.22. The van der Waals surface area contributed by atoms with Crippen LogP contribution in [0.3, 0.4) is 0 Å². The number of aryl methyl sites for hydroxylation is 1. The zero-order valence-corrected chi connectivity index (χ0v) is 16.6. The number of imidazole rings is 1. The Bertz CT molecular complexity index is 1240. The number of rotatable bonds is 4. The molecule has 0 bridgehead atoms. The van der Waals surface area contributed by atoms with Crippen molar-refractivity contribution >= 4 is 23.1 Å². The number of anilines is 4. The number of hydrogen-bond donors (Lipinski definition) is 1. The number of ether oxygens (including phenoxy) is 1. The minimum absolute atomic E-state index is 0.294. The third-order valence-corrected chi connectivity index (χ3v) is 4.90. The van der Waals surface area contributed by atoms with Gasteiger partial charge < -0.3 is 19.5 Å². The molecule has 0 aliphatic carbocycles. The molecule has 5 rings (SSSR count). The van der Waals surface area contributed by atoms with Gasteiger partial charge in [-0.1, -0.05) is 0 Å². The molecule has 0 saturated carbocycles. The van der Waals surface area contributed by atoms with Crippen LogP contribution in [0.15, 0.2) is 61.2 Å². The highest BCUT2D eigenvalue weighted by molar-refractivity contribution is 5.68. The van der Waals surface area contributed by atoms with E-state index in [0.29, 0.717) is 42.0 Å². The van der Waals surface area contributed by atoms with Crippen LogP contribution in [0.25, 0.3) is 5.69 Å². The molecule has 1 N–H and O–H groups in total. The third-order valence-electron chi connectivity index (χ3n) is 4.90. The first-order valence-corrected chi connectivity index (χ1v) is 9.67. The molecule has 2 aromatic carbocycles. The predicted octanol–water partition coefficient (Wildman–Crippen LogP) is 4.52. The lowest BCUT2D eigenvalue weighted by atomic mass is 10.2. The highest BCUT2D eigenvalue weighted by atomic mass is 19.1. The molecule has 7 nitrogen and oxygen atoms in total. The third kappa shape index (κ3) is 3.77. The van der Waals surface area contributed by atoms with E-state index in [-0.39, 0.29) is 5.82 Å². The summed E-state index contributed by atoms with van der Waals surface area (Å²) in [6.07, 6.45) is 4.89. The molecule has 0 amide bonds. The van der Waals surface area contributed by atoms with Crippen LogP contribution < -0.4 is 15.0 Å². The standard InChI is InChI=1S/C22H18F2N6O/c1-14-12-29(13-26-14)19-7-4-16(10-18(19)24)27-22-25-11-20-21(28-22)30(8-9-31-20)17-5-2-15(23)3-6-17/h2-7,10-13H,8-9H2,1H3,(H,25,27,28). The zero-order chi connectivity index (χ0) is 21.4. The summed E-state index contributed by atoms with van der Waals surface area (Å²) >= 11 is 0. The monoisotopic (exact) mass is 420 g/mol. The van der Waals surface area contributed by atoms with Gasteiger partial charge >= 0.3 is 0 Å². The molecule has 0 fully saturated rings. The van der Waals surface area contributed by atoms with Crippen molar-refractivity contribution in [2.75, 3.05) is 23.4 Å². The number of fused-ring (bicyclic) bond motifs is 1. The molecule has 0 radical (unpaired) electrons. The molecule has 3 heterocycles. The Morgan fingerprint density at radius 2 is 1.90 bits per heavy atom. The molecular weight excluding hydrogens is 402 g/mol. The summed E-state index contributed by atoms with van der Waals surface area (Å²) < 4.78 is 35.2. The summed E-state index contributed by atoms with van der Waals surface area (Å²) in [5.41, 5.74) is 2.50. The van der Waals surface area contributed by atoms with Gasteiger partial charge in [0.05, 0.1) is 30.5 Å². The van der Waals surface area contributed by atoms with Gasteiger partial charge in [-0.3, -0.25) is 0 Å². The first-order valence-electron chi connectivity index (χ1n) is 9.67. The van der Waals surface area contributed by atoms with Gasteiger partial charge in [0.2, 0.25) is 5.95 Å². The maximum atomic E-state index is 14.6. The summed E-state index contributed by atoms with van der Waals surface area (Å²) in [4.78, 5) is 14.9. The fourth-order valence-electron chi connectivity index (χ4n) is 3.42. The van der Waals surface area contributed by atoms with Crippen molar-refractivity contribution in [2.24, 2.45) is 0 Å². The van der Waals surface area contributed by atoms with Crippen molar-refractivity contribution in [3.63, 3.8) is 0 Å². The number of nitrogens with zero attached hydrogens (tertiary/aromatic N) is 5. The Labute approximate surface area is 177 Å². The predicted molar refractivity (Wildman–Crippen MR) is 112 cm³/mol. The molecule has 1 aliphatic heterocycles. The SMILES string of the molecule is Cc1cn(-c2ccc(Nc3ncc4c(n3)N(c3ccc(F)cc3)CCO4)cc2F)cn1. The van der Waals surface area contributed by atoms with E-state index in [0.717, 1.165) is 11.4 Å². The second-order valence-corrected chi connectivity index (χ2v) is 7.07. The molecule has 0 spiro atoms. The summed E-state index contributed by atoms with van der Waals surface area (Å²) in [7, 11) is 0. The van der Waals surface area contributed by atoms with Crippen LogP contribution in [0.4, 0.5) is 31.9 Å². The summed E-state index contributed by atoms with van der Waals surface area (Å²) in [5.74, 6) is 0.664. The van der Waals surface area contributed by atoms with Gasteiger partial charge in [-0.15, -0.1) is 0 Å². The Hall–Kier alpha value is -4.01. The van der Waals surface area contributed by atoms with E-state index in [4.69, 9.17) is 4.74 Å². The number of benzene rings is 2. The van der Waals surface area contributed by atoms with Gasteiger partial charge in [0.15, 0.2) is 11.6 Å². The van der Waals surface area contributed by atoms with E-state index in [1.807, 2.05) is 11.8 Å². The molecule has 0 saturated heterocycles. The molecule has 2 aromatic heterocycles. The van der Waals surface area contributed by atoms with Crippen LogP contribution in [0.5, 0.6) is 5.75 Å². The normalized spacial score (nSPS) is 12.9. The second-order valence-electron chi connectivity index (χ2n) is 7.07. The van der Waals surface area contributed by atoms with Crippen molar-refractivity contribution < 1.29 is 13.5 Å². The molecular formula is C22H18F2N6O. The van der Waals surface area contributed by atoms with Gasteiger partial charge in [0.1, 0.15) is 18.2 Å². The number of hydrogen-bond acceptors (Lipinski definition) is 6. The average molecular weight is 420 g/mol. The lowest BCUT2D eigenvalue weighted by Gasteiger charge is -2.30. The van der Waals surface area contributed by atoms with Crippen molar-refractivity contribution in [3.05, 3.63) is 78.5 Å².